The van der Waals surface area contributed by atoms with Crippen molar-refractivity contribution < 1.29 is 9.22 Å². The van der Waals surface area contributed by atoms with E-state index in [4.69, 9.17) is 4.43 Å². The lowest BCUT2D eigenvalue weighted by Gasteiger charge is -2.47. The minimum atomic E-state index is -1.82. The lowest BCUT2D eigenvalue weighted by atomic mass is 9.84. The third-order valence-electron chi connectivity index (χ3n) is 6.16. The molecule has 0 unspecified atom stereocenters. The summed E-state index contributed by atoms with van der Waals surface area (Å²) < 4.78 is 6.95. The van der Waals surface area contributed by atoms with Crippen LogP contribution >= 0.6 is 0 Å². The Morgan fingerprint density at radius 2 is 2.05 bits per heavy atom. The van der Waals surface area contributed by atoms with Gasteiger partial charge in [0.25, 0.3) is 0 Å². The van der Waals surface area contributed by atoms with Crippen LogP contribution in [0.1, 0.15) is 59.3 Å². The molecule has 2 fully saturated rings. The first-order valence-corrected chi connectivity index (χ1v) is 11.3. The number of hydrogen-bond donors (Lipinski definition) is 0. The van der Waals surface area contributed by atoms with Crippen LogP contribution in [-0.2, 0) is 9.22 Å². The highest BCUT2D eigenvalue weighted by Crippen LogP contribution is 2.55. The molecule has 3 heteroatoms. The molecule has 0 aromatic carbocycles. The van der Waals surface area contributed by atoms with E-state index in [1.165, 1.54) is 6.42 Å². The van der Waals surface area contributed by atoms with Gasteiger partial charge in [0, 0.05) is 12.8 Å². The van der Waals surface area contributed by atoms with Gasteiger partial charge in [-0.05, 0) is 55.7 Å². The maximum absolute atomic E-state index is 11.9. The second kappa shape index (κ2) is 5.66. The summed E-state index contributed by atoms with van der Waals surface area (Å²) >= 11 is 0. The molecule has 0 heterocycles. The highest BCUT2D eigenvalue weighted by Gasteiger charge is 2.56. The van der Waals surface area contributed by atoms with Crippen LogP contribution in [0, 0.1) is 11.8 Å². The van der Waals surface area contributed by atoms with Gasteiger partial charge in [0.15, 0.2) is 8.32 Å². The van der Waals surface area contributed by atoms with E-state index in [2.05, 4.69) is 40.4 Å². The van der Waals surface area contributed by atoms with Crippen LogP contribution in [0.5, 0.6) is 0 Å². The fourth-order valence-electron chi connectivity index (χ4n) is 3.96. The van der Waals surface area contributed by atoms with Crippen LogP contribution in [0.2, 0.25) is 18.1 Å². The van der Waals surface area contributed by atoms with E-state index < -0.39 is 8.32 Å². The van der Waals surface area contributed by atoms with E-state index in [0.29, 0.717) is 17.6 Å². The zero-order valence-electron chi connectivity index (χ0n) is 14.5. The molecular weight excluding hydrogens is 276 g/mol. The van der Waals surface area contributed by atoms with Gasteiger partial charge in [0.05, 0.1) is 5.60 Å². The van der Waals surface area contributed by atoms with Crippen molar-refractivity contribution >= 4 is 14.1 Å². The van der Waals surface area contributed by atoms with Gasteiger partial charge in [-0.3, -0.25) is 4.79 Å². The average Bonchev–Trinajstić information content (AvgIpc) is 2.85. The zero-order chi connectivity index (χ0) is 15.9. The Hall–Kier alpha value is -0.413. The van der Waals surface area contributed by atoms with Crippen LogP contribution in [0.4, 0.5) is 0 Å². The van der Waals surface area contributed by atoms with Gasteiger partial charge in [-0.2, -0.15) is 0 Å². The molecule has 0 aromatic heterocycles. The first kappa shape index (κ1) is 16.9. The molecule has 2 aliphatic rings. The van der Waals surface area contributed by atoms with E-state index in [1.54, 1.807) is 0 Å². The molecule has 0 aromatic rings. The van der Waals surface area contributed by atoms with Gasteiger partial charge in [-0.15, -0.1) is 6.58 Å². The summed E-state index contributed by atoms with van der Waals surface area (Å²) in [6, 6.07) is 0. The molecule has 0 saturated heterocycles. The fourth-order valence-corrected chi connectivity index (χ4v) is 5.64. The summed E-state index contributed by atoms with van der Waals surface area (Å²) in [6.45, 7) is 15.5. The Morgan fingerprint density at radius 1 is 1.38 bits per heavy atom. The normalized spacial score (nSPS) is 33.3. The topological polar surface area (TPSA) is 26.3 Å². The molecule has 0 N–H and O–H groups in total. The lowest BCUT2D eigenvalue weighted by molar-refractivity contribution is -0.118. The third kappa shape index (κ3) is 3.19. The number of ketones is 1. The third-order valence-corrected chi connectivity index (χ3v) is 10.7. The molecule has 2 nitrogen and oxygen atoms in total. The molecule has 2 aliphatic carbocycles. The van der Waals surface area contributed by atoms with Gasteiger partial charge in [-0.25, -0.2) is 0 Å². The van der Waals surface area contributed by atoms with E-state index in [0.717, 1.165) is 32.1 Å². The second-order valence-electron chi connectivity index (χ2n) is 8.61. The maximum Gasteiger partial charge on any atom is 0.192 e. The average molecular weight is 309 g/mol. The quantitative estimate of drug-likeness (QED) is 0.521. The lowest BCUT2D eigenvalue weighted by Crippen LogP contribution is -2.51. The van der Waals surface area contributed by atoms with Crippen molar-refractivity contribution in [3.63, 3.8) is 0 Å². The van der Waals surface area contributed by atoms with Crippen molar-refractivity contribution in [2.45, 2.75) is 83.0 Å². The Balaban J connectivity index is 2.26. The van der Waals surface area contributed by atoms with E-state index in [9.17, 15) is 4.79 Å². The summed E-state index contributed by atoms with van der Waals surface area (Å²) in [7, 11) is -1.82. The van der Waals surface area contributed by atoms with Gasteiger partial charge in [-0.1, -0.05) is 26.8 Å². The molecule has 0 aliphatic heterocycles. The predicted molar refractivity (Wildman–Crippen MR) is 90.9 cm³/mol. The highest BCUT2D eigenvalue weighted by atomic mass is 28.4. The molecule has 0 bridgehead atoms. The van der Waals surface area contributed by atoms with Gasteiger partial charge < -0.3 is 4.43 Å². The number of hydrogen-bond acceptors (Lipinski definition) is 2. The standard InChI is InChI=1S/C18H32O2Si/c1-7-8-10-18(20-21(5,6)17(2,3)4)11-9-14-12-15(19)13-16(14)18/h7,14,16H,1,8-13H2,2-6H3/t14-,16+,18-/m0/s1. The Morgan fingerprint density at radius 3 is 2.62 bits per heavy atom. The predicted octanol–water partition coefficient (Wildman–Crippen LogP) is 5.10. The summed E-state index contributed by atoms with van der Waals surface area (Å²) in [6.07, 6.45) is 7.88. The number of allylic oxidation sites excluding steroid dienone is 1. The van der Waals surface area contributed by atoms with Crippen LogP contribution in [0.3, 0.4) is 0 Å². The molecule has 3 atom stereocenters. The maximum atomic E-state index is 11.9. The first-order valence-electron chi connectivity index (χ1n) is 8.44. The SMILES string of the molecule is C=CCC[C@]1(O[Si](C)(C)C(C)(C)C)CC[C@H]2CC(=O)C[C@H]21. The molecule has 0 spiro atoms. The molecule has 2 rings (SSSR count). The number of Topliss-reactive ketones (excluding diaryl/α,β-unsaturated/α-hetero) is 1. The monoisotopic (exact) mass is 308 g/mol. The van der Waals surface area contributed by atoms with Crippen molar-refractivity contribution in [3.8, 4) is 0 Å². The van der Waals surface area contributed by atoms with Crippen LogP contribution in [0.15, 0.2) is 12.7 Å². The fraction of sp³-hybridized carbons (Fsp3) is 0.833. The second-order valence-corrected chi connectivity index (χ2v) is 13.3. The number of carbonyl (C=O) groups is 1. The van der Waals surface area contributed by atoms with E-state index >= 15 is 0 Å². The Bertz CT molecular complexity index is 421. The van der Waals surface area contributed by atoms with Gasteiger partial charge in [0.1, 0.15) is 5.78 Å². The smallest absolute Gasteiger partial charge is 0.192 e. The molecular formula is C18H32O2Si. The van der Waals surface area contributed by atoms with Crippen molar-refractivity contribution in [1.29, 1.82) is 0 Å². The zero-order valence-corrected chi connectivity index (χ0v) is 15.5. The largest absolute Gasteiger partial charge is 0.411 e. The van der Waals surface area contributed by atoms with Crippen molar-refractivity contribution in [1.82, 2.24) is 0 Å². The summed E-state index contributed by atoms with van der Waals surface area (Å²) in [4.78, 5) is 11.9. The van der Waals surface area contributed by atoms with Crippen LogP contribution in [0.25, 0.3) is 0 Å². The number of carbonyl (C=O) groups excluding carboxylic acids is 1. The van der Waals surface area contributed by atoms with E-state index in [-0.39, 0.29) is 10.6 Å². The summed E-state index contributed by atoms with van der Waals surface area (Å²) in [5, 5.41) is 0.217. The van der Waals surface area contributed by atoms with Crippen LogP contribution < -0.4 is 0 Å². The van der Waals surface area contributed by atoms with Gasteiger partial charge in [0.2, 0.25) is 0 Å². The molecule has 0 radical (unpaired) electrons. The molecule has 21 heavy (non-hydrogen) atoms. The minimum Gasteiger partial charge on any atom is -0.411 e. The van der Waals surface area contributed by atoms with E-state index in [1.807, 2.05) is 6.08 Å². The number of fused-ring (bicyclic) bond motifs is 1. The number of rotatable bonds is 5. The molecule has 2 saturated carbocycles. The highest BCUT2D eigenvalue weighted by molar-refractivity contribution is 6.74. The molecule has 0 amide bonds. The minimum absolute atomic E-state index is 0.0615. The van der Waals surface area contributed by atoms with Crippen LogP contribution in [-0.4, -0.2) is 19.7 Å². The van der Waals surface area contributed by atoms with Crippen molar-refractivity contribution in [3.05, 3.63) is 12.7 Å². The molecule has 120 valence electrons. The Kier molecular flexibility index (Phi) is 4.57. The summed E-state index contributed by atoms with van der Waals surface area (Å²) in [5.74, 6) is 1.48. The first-order chi connectivity index (χ1) is 9.61. The van der Waals surface area contributed by atoms with Crippen molar-refractivity contribution in [2.75, 3.05) is 0 Å². The van der Waals surface area contributed by atoms with Crippen molar-refractivity contribution in [2.24, 2.45) is 11.8 Å². The van der Waals surface area contributed by atoms with Gasteiger partial charge >= 0.3 is 0 Å². The Labute approximate surface area is 131 Å². The summed E-state index contributed by atoms with van der Waals surface area (Å²) in [5.41, 5.74) is -0.0615.